The van der Waals surface area contributed by atoms with E-state index in [0.29, 0.717) is 18.1 Å². The number of rotatable bonds is 5. The van der Waals surface area contributed by atoms with Crippen LogP contribution in [0.25, 0.3) is 0 Å². The van der Waals surface area contributed by atoms with Crippen LogP contribution in [0.5, 0.6) is 5.75 Å². The molecule has 0 unspecified atom stereocenters. The molecule has 0 aliphatic carbocycles. The molecule has 6 nitrogen and oxygen atoms in total. The molecule has 0 heterocycles. The SMILES string of the molecule is COc1ccc(NC(N)=NCc2cccc(C(=O)NC(C)(C)C)c2)cc1.I. The lowest BCUT2D eigenvalue weighted by Crippen LogP contribution is -2.40. The summed E-state index contributed by atoms with van der Waals surface area (Å²) in [6, 6.07) is 14.8. The summed E-state index contributed by atoms with van der Waals surface area (Å²) in [7, 11) is 1.62. The van der Waals surface area contributed by atoms with Crippen molar-refractivity contribution in [3.05, 3.63) is 59.7 Å². The number of amides is 1. The van der Waals surface area contributed by atoms with Crippen LogP contribution < -0.4 is 21.1 Å². The van der Waals surface area contributed by atoms with Crippen molar-refractivity contribution in [1.82, 2.24) is 5.32 Å². The molecule has 2 aromatic rings. The van der Waals surface area contributed by atoms with E-state index in [2.05, 4.69) is 15.6 Å². The maximum absolute atomic E-state index is 12.2. The number of nitrogens with zero attached hydrogens (tertiary/aromatic N) is 1. The lowest BCUT2D eigenvalue weighted by atomic mass is 10.1. The zero-order valence-corrected chi connectivity index (χ0v) is 18.4. The largest absolute Gasteiger partial charge is 0.497 e. The lowest BCUT2D eigenvalue weighted by molar-refractivity contribution is 0.0919. The fourth-order valence-corrected chi connectivity index (χ4v) is 2.26. The molecule has 0 fully saturated rings. The van der Waals surface area contributed by atoms with Gasteiger partial charge in [-0.25, -0.2) is 4.99 Å². The van der Waals surface area contributed by atoms with Crippen molar-refractivity contribution < 1.29 is 9.53 Å². The number of nitrogens with two attached hydrogens (primary N) is 1. The van der Waals surface area contributed by atoms with Gasteiger partial charge in [-0.2, -0.15) is 0 Å². The quantitative estimate of drug-likeness (QED) is 0.344. The van der Waals surface area contributed by atoms with Crippen LogP contribution in [0.15, 0.2) is 53.5 Å². The molecule has 27 heavy (non-hydrogen) atoms. The number of guanidine groups is 1. The van der Waals surface area contributed by atoms with Gasteiger partial charge in [0, 0.05) is 16.8 Å². The summed E-state index contributed by atoms with van der Waals surface area (Å²) in [5.74, 6) is 0.976. The van der Waals surface area contributed by atoms with Crippen molar-refractivity contribution in [2.24, 2.45) is 10.7 Å². The van der Waals surface area contributed by atoms with E-state index in [-0.39, 0.29) is 35.4 Å². The maximum atomic E-state index is 12.2. The summed E-state index contributed by atoms with van der Waals surface area (Å²) in [5.41, 5.74) is 7.99. The molecule has 2 rings (SSSR count). The van der Waals surface area contributed by atoms with Gasteiger partial charge in [-0.15, -0.1) is 24.0 Å². The Labute approximate surface area is 177 Å². The van der Waals surface area contributed by atoms with Gasteiger partial charge in [0.05, 0.1) is 13.7 Å². The van der Waals surface area contributed by atoms with Crippen LogP contribution in [0.1, 0.15) is 36.7 Å². The number of nitrogens with one attached hydrogen (secondary N) is 2. The molecule has 4 N–H and O–H groups in total. The second kappa shape index (κ2) is 10.1. The van der Waals surface area contributed by atoms with Gasteiger partial charge in [0.15, 0.2) is 5.96 Å². The minimum atomic E-state index is -0.280. The van der Waals surface area contributed by atoms with E-state index in [4.69, 9.17) is 10.5 Å². The van der Waals surface area contributed by atoms with E-state index in [1.54, 1.807) is 13.2 Å². The first-order chi connectivity index (χ1) is 12.3. The van der Waals surface area contributed by atoms with Gasteiger partial charge >= 0.3 is 0 Å². The first-order valence-corrected chi connectivity index (χ1v) is 8.39. The molecular formula is C20H27IN4O2. The Bertz CT molecular complexity index is 783. The third-order valence-corrected chi connectivity index (χ3v) is 3.47. The van der Waals surface area contributed by atoms with Gasteiger partial charge in [-0.3, -0.25) is 4.79 Å². The Morgan fingerprint density at radius 1 is 1.15 bits per heavy atom. The van der Waals surface area contributed by atoms with E-state index < -0.39 is 0 Å². The van der Waals surface area contributed by atoms with E-state index in [0.717, 1.165) is 17.0 Å². The predicted octanol–water partition coefficient (Wildman–Crippen LogP) is 3.77. The van der Waals surface area contributed by atoms with E-state index in [1.165, 1.54) is 0 Å². The van der Waals surface area contributed by atoms with Crippen molar-refractivity contribution in [2.75, 3.05) is 12.4 Å². The van der Waals surface area contributed by atoms with Crippen molar-refractivity contribution in [3.63, 3.8) is 0 Å². The highest BCUT2D eigenvalue weighted by molar-refractivity contribution is 14.0. The molecule has 0 bridgehead atoms. The van der Waals surface area contributed by atoms with Gasteiger partial charge < -0.3 is 21.1 Å². The van der Waals surface area contributed by atoms with Gasteiger partial charge in [-0.05, 0) is 62.7 Å². The Balaban J connectivity index is 0.00000364. The third-order valence-electron chi connectivity index (χ3n) is 3.47. The highest BCUT2D eigenvalue weighted by Gasteiger charge is 2.15. The van der Waals surface area contributed by atoms with Crippen LogP contribution in [-0.2, 0) is 6.54 Å². The number of aliphatic imine (C=N–C) groups is 1. The Hall–Kier alpha value is -2.29. The van der Waals surface area contributed by atoms with Crippen LogP contribution in [-0.4, -0.2) is 24.5 Å². The zero-order valence-electron chi connectivity index (χ0n) is 16.1. The number of carbonyl (C=O) groups is 1. The molecule has 146 valence electrons. The summed E-state index contributed by atoms with van der Waals surface area (Å²) in [6.45, 7) is 6.23. The Morgan fingerprint density at radius 3 is 2.41 bits per heavy atom. The van der Waals surface area contributed by atoms with Crippen LogP contribution in [0.2, 0.25) is 0 Å². The molecule has 0 saturated heterocycles. The molecule has 0 saturated carbocycles. The fourth-order valence-electron chi connectivity index (χ4n) is 2.26. The molecule has 2 aromatic carbocycles. The van der Waals surface area contributed by atoms with E-state index in [1.807, 2.05) is 63.2 Å². The number of hydrogen-bond acceptors (Lipinski definition) is 3. The summed E-state index contributed by atoms with van der Waals surface area (Å²) in [5, 5.41) is 5.97. The summed E-state index contributed by atoms with van der Waals surface area (Å²) < 4.78 is 5.12. The van der Waals surface area contributed by atoms with Crippen molar-refractivity contribution in [1.29, 1.82) is 0 Å². The number of benzene rings is 2. The molecule has 0 aliphatic rings. The second-order valence-electron chi connectivity index (χ2n) is 6.96. The van der Waals surface area contributed by atoms with Gasteiger partial charge in [0.2, 0.25) is 0 Å². The average Bonchev–Trinajstić information content (AvgIpc) is 2.59. The summed E-state index contributed by atoms with van der Waals surface area (Å²) >= 11 is 0. The van der Waals surface area contributed by atoms with Crippen molar-refractivity contribution in [2.45, 2.75) is 32.9 Å². The Morgan fingerprint density at radius 2 is 1.81 bits per heavy atom. The smallest absolute Gasteiger partial charge is 0.251 e. The van der Waals surface area contributed by atoms with Crippen LogP contribution in [0.3, 0.4) is 0 Å². The highest BCUT2D eigenvalue weighted by Crippen LogP contribution is 2.15. The molecular weight excluding hydrogens is 455 g/mol. The standard InChI is InChI=1S/C20H26N4O2.HI/c1-20(2,3)24-18(25)15-7-5-6-14(12-15)13-22-19(21)23-16-8-10-17(26-4)11-9-16;/h5-12H,13H2,1-4H3,(H,24,25)(H3,21,22,23);1H. The maximum Gasteiger partial charge on any atom is 0.251 e. The minimum Gasteiger partial charge on any atom is -0.497 e. The number of anilines is 1. The molecule has 0 radical (unpaired) electrons. The molecule has 0 atom stereocenters. The van der Waals surface area contributed by atoms with Crippen LogP contribution >= 0.6 is 24.0 Å². The molecule has 7 heteroatoms. The fraction of sp³-hybridized carbons (Fsp3) is 0.300. The topological polar surface area (TPSA) is 88.7 Å². The number of halogens is 1. The molecule has 0 aromatic heterocycles. The summed E-state index contributed by atoms with van der Waals surface area (Å²) in [4.78, 5) is 16.6. The van der Waals surface area contributed by atoms with Gasteiger partial charge in [-0.1, -0.05) is 12.1 Å². The number of hydrogen-bond donors (Lipinski definition) is 3. The van der Waals surface area contributed by atoms with Crippen molar-refractivity contribution in [3.8, 4) is 5.75 Å². The minimum absolute atomic E-state index is 0. The van der Waals surface area contributed by atoms with E-state index >= 15 is 0 Å². The number of methoxy groups -OCH3 is 1. The first kappa shape index (κ1) is 22.8. The normalized spacial score (nSPS) is 11.3. The van der Waals surface area contributed by atoms with Crippen LogP contribution in [0, 0.1) is 0 Å². The second-order valence-corrected chi connectivity index (χ2v) is 6.96. The van der Waals surface area contributed by atoms with Crippen molar-refractivity contribution >= 4 is 41.5 Å². The first-order valence-electron chi connectivity index (χ1n) is 8.39. The molecule has 0 aliphatic heterocycles. The number of ether oxygens (including phenoxy) is 1. The predicted molar refractivity (Wildman–Crippen MR) is 121 cm³/mol. The Kier molecular flexibility index (Phi) is 8.55. The van der Waals surface area contributed by atoms with E-state index in [9.17, 15) is 4.79 Å². The lowest BCUT2D eigenvalue weighted by Gasteiger charge is -2.20. The van der Waals surface area contributed by atoms with Crippen LogP contribution in [0.4, 0.5) is 5.69 Å². The highest BCUT2D eigenvalue weighted by atomic mass is 127. The third kappa shape index (κ3) is 7.86. The average molecular weight is 482 g/mol. The molecule has 0 spiro atoms. The monoisotopic (exact) mass is 482 g/mol. The zero-order chi connectivity index (χ0) is 19.2. The van der Waals surface area contributed by atoms with Gasteiger partial charge in [0.25, 0.3) is 5.91 Å². The molecule has 1 amide bonds. The van der Waals surface area contributed by atoms with Gasteiger partial charge in [0.1, 0.15) is 5.75 Å². The summed E-state index contributed by atoms with van der Waals surface area (Å²) in [6.07, 6.45) is 0. The number of carbonyl (C=O) groups excluding carboxylic acids is 1.